The third-order valence-corrected chi connectivity index (χ3v) is 3.72. The lowest BCUT2D eigenvalue weighted by Gasteiger charge is -2.21. The summed E-state index contributed by atoms with van der Waals surface area (Å²) >= 11 is 0. The fraction of sp³-hybridized carbons (Fsp3) is 0.462. The minimum absolute atomic E-state index is 0.0239. The first kappa shape index (κ1) is 11.2. The number of hydrogen-bond acceptors (Lipinski definition) is 4. The van der Waals surface area contributed by atoms with Gasteiger partial charge in [0.15, 0.2) is 11.5 Å². The second kappa shape index (κ2) is 4.08. The Balaban J connectivity index is 2.07. The SMILES string of the molecule is COc1cc2c(cc1O)NCC1CCCN1C2=O. The molecular formula is C13H16N2O3. The van der Waals surface area contributed by atoms with E-state index in [2.05, 4.69) is 5.32 Å². The Kier molecular flexibility index (Phi) is 2.54. The van der Waals surface area contributed by atoms with E-state index in [1.54, 1.807) is 12.1 Å². The van der Waals surface area contributed by atoms with Crippen LogP contribution < -0.4 is 10.1 Å². The number of nitrogens with one attached hydrogen (secondary N) is 1. The molecule has 1 unspecified atom stereocenters. The number of nitrogens with zero attached hydrogens (tertiary/aromatic N) is 1. The first-order valence-corrected chi connectivity index (χ1v) is 6.16. The summed E-state index contributed by atoms with van der Waals surface area (Å²) < 4.78 is 5.06. The van der Waals surface area contributed by atoms with Crippen molar-refractivity contribution in [2.45, 2.75) is 18.9 Å². The van der Waals surface area contributed by atoms with Gasteiger partial charge in [0.1, 0.15) is 0 Å². The number of aromatic hydroxyl groups is 1. The molecular weight excluding hydrogens is 232 g/mol. The Bertz CT molecular complexity index is 501. The Labute approximate surface area is 105 Å². The van der Waals surface area contributed by atoms with Crippen LogP contribution in [0.3, 0.4) is 0 Å². The normalized spacial score (nSPS) is 21.9. The molecule has 5 nitrogen and oxygen atoms in total. The summed E-state index contributed by atoms with van der Waals surface area (Å²) in [5, 5.41) is 13.0. The van der Waals surface area contributed by atoms with Gasteiger partial charge in [0, 0.05) is 25.2 Å². The number of phenolic OH excluding ortho intramolecular Hbond substituents is 1. The highest BCUT2D eigenvalue weighted by molar-refractivity contribution is 6.01. The van der Waals surface area contributed by atoms with Crippen molar-refractivity contribution in [3.05, 3.63) is 17.7 Å². The minimum Gasteiger partial charge on any atom is -0.504 e. The zero-order valence-corrected chi connectivity index (χ0v) is 10.3. The predicted octanol–water partition coefficient (Wildman–Crippen LogP) is 1.43. The summed E-state index contributed by atoms with van der Waals surface area (Å²) in [7, 11) is 1.48. The van der Waals surface area contributed by atoms with E-state index in [0.717, 1.165) is 25.9 Å². The van der Waals surface area contributed by atoms with Crippen LogP contribution in [0.4, 0.5) is 5.69 Å². The number of benzene rings is 1. The van der Waals surface area contributed by atoms with Crippen LogP contribution in [-0.4, -0.2) is 42.2 Å². The van der Waals surface area contributed by atoms with Crippen LogP contribution in [0.2, 0.25) is 0 Å². The molecule has 2 heterocycles. The number of methoxy groups -OCH3 is 1. The molecule has 3 rings (SSSR count). The van der Waals surface area contributed by atoms with Crippen molar-refractivity contribution < 1.29 is 14.6 Å². The Morgan fingerprint density at radius 3 is 3.11 bits per heavy atom. The molecule has 5 heteroatoms. The number of carbonyl (C=O) groups is 1. The van der Waals surface area contributed by atoms with E-state index in [1.165, 1.54) is 7.11 Å². The van der Waals surface area contributed by atoms with E-state index in [9.17, 15) is 9.90 Å². The number of hydrogen-bond donors (Lipinski definition) is 2. The van der Waals surface area contributed by atoms with Crippen molar-refractivity contribution in [3.8, 4) is 11.5 Å². The standard InChI is InChI=1S/C13H16N2O3/c1-18-12-5-9-10(6-11(12)16)14-7-8-3-2-4-15(8)13(9)17/h5-6,8,14,16H,2-4,7H2,1H3. The highest BCUT2D eigenvalue weighted by Gasteiger charge is 2.33. The van der Waals surface area contributed by atoms with Gasteiger partial charge in [-0.15, -0.1) is 0 Å². The molecule has 0 spiro atoms. The first-order chi connectivity index (χ1) is 8.70. The molecule has 96 valence electrons. The molecule has 0 saturated carbocycles. The van der Waals surface area contributed by atoms with Crippen molar-refractivity contribution in [2.75, 3.05) is 25.5 Å². The van der Waals surface area contributed by atoms with Crippen molar-refractivity contribution in [2.24, 2.45) is 0 Å². The van der Waals surface area contributed by atoms with Crippen LogP contribution in [0, 0.1) is 0 Å². The first-order valence-electron chi connectivity index (χ1n) is 6.16. The van der Waals surface area contributed by atoms with E-state index < -0.39 is 0 Å². The molecule has 0 bridgehead atoms. The van der Waals surface area contributed by atoms with Crippen LogP contribution >= 0.6 is 0 Å². The summed E-state index contributed by atoms with van der Waals surface area (Å²) in [4.78, 5) is 14.4. The second-order valence-corrected chi connectivity index (χ2v) is 4.75. The van der Waals surface area contributed by atoms with E-state index in [-0.39, 0.29) is 17.7 Å². The van der Waals surface area contributed by atoms with Gasteiger partial charge in [-0.05, 0) is 18.9 Å². The van der Waals surface area contributed by atoms with Crippen molar-refractivity contribution >= 4 is 11.6 Å². The molecule has 1 amide bonds. The summed E-state index contributed by atoms with van der Waals surface area (Å²) in [5.41, 5.74) is 1.27. The summed E-state index contributed by atoms with van der Waals surface area (Å²) in [5.74, 6) is 0.413. The monoisotopic (exact) mass is 248 g/mol. The Morgan fingerprint density at radius 2 is 2.33 bits per heavy atom. The number of rotatable bonds is 1. The maximum Gasteiger partial charge on any atom is 0.256 e. The highest BCUT2D eigenvalue weighted by Crippen LogP contribution is 2.35. The Morgan fingerprint density at radius 1 is 1.50 bits per heavy atom. The largest absolute Gasteiger partial charge is 0.504 e. The van der Waals surface area contributed by atoms with E-state index in [4.69, 9.17) is 4.74 Å². The van der Waals surface area contributed by atoms with Gasteiger partial charge in [0.05, 0.1) is 18.4 Å². The van der Waals surface area contributed by atoms with Gasteiger partial charge < -0.3 is 20.1 Å². The molecule has 0 aliphatic carbocycles. The van der Waals surface area contributed by atoms with Gasteiger partial charge in [0.25, 0.3) is 5.91 Å². The zero-order valence-electron chi connectivity index (χ0n) is 10.3. The summed E-state index contributed by atoms with van der Waals surface area (Å²) in [6.45, 7) is 1.55. The number of carbonyl (C=O) groups excluding carboxylic acids is 1. The molecule has 2 N–H and O–H groups in total. The number of phenols is 1. The fourth-order valence-electron chi connectivity index (χ4n) is 2.75. The maximum atomic E-state index is 12.4. The van der Waals surface area contributed by atoms with E-state index in [0.29, 0.717) is 17.0 Å². The molecule has 0 aromatic heterocycles. The van der Waals surface area contributed by atoms with Crippen LogP contribution in [0.15, 0.2) is 12.1 Å². The average Bonchev–Trinajstić information content (AvgIpc) is 2.79. The zero-order chi connectivity index (χ0) is 12.7. The van der Waals surface area contributed by atoms with Crippen LogP contribution in [0.25, 0.3) is 0 Å². The molecule has 1 fully saturated rings. The predicted molar refractivity (Wildman–Crippen MR) is 67.2 cm³/mol. The van der Waals surface area contributed by atoms with Gasteiger partial charge in [-0.25, -0.2) is 0 Å². The second-order valence-electron chi connectivity index (χ2n) is 4.75. The van der Waals surface area contributed by atoms with Crippen LogP contribution in [-0.2, 0) is 0 Å². The van der Waals surface area contributed by atoms with E-state index >= 15 is 0 Å². The van der Waals surface area contributed by atoms with E-state index in [1.807, 2.05) is 4.90 Å². The third kappa shape index (κ3) is 1.58. The molecule has 18 heavy (non-hydrogen) atoms. The van der Waals surface area contributed by atoms with Crippen molar-refractivity contribution in [1.82, 2.24) is 4.90 Å². The Hall–Kier alpha value is -1.91. The molecule has 0 radical (unpaired) electrons. The van der Waals surface area contributed by atoms with Gasteiger partial charge in [0.2, 0.25) is 0 Å². The smallest absolute Gasteiger partial charge is 0.256 e. The third-order valence-electron chi connectivity index (χ3n) is 3.72. The molecule has 2 aliphatic heterocycles. The van der Waals surface area contributed by atoms with Crippen LogP contribution in [0.5, 0.6) is 11.5 Å². The number of amides is 1. The lowest BCUT2D eigenvalue weighted by atomic mass is 10.1. The van der Waals surface area contributed by atoms with Crippen molar-refractivity contribution in [3.63, 3.8) is 0 Å². The minimum atomic E-state index is 0.0239. The number of ether oxygens (including phenoxy) is 1. The highest BCUT2D eigenvalue weighted by atomic mass is 16.5. The summed E-state index contributed by atoms with van der Waals surface area (Å²) in [6.07, 6.45) is 2.10. The summed E-state index contributed by atoms with van der Waals surface area (Å²) in [6, 6.07) is 3.44. The lowest BCUT2D eigenvalue weighted by molar-refractivity contribution is 0.0750. The molecule has 1 atom stereocenters. The lowest BCUT2D eigenvalue weighted by Crippen LogP contribution is -2.36. The molecule has 1 aromatic carbocycles. The molecule has 2 aliphatic rings. The number of fused-ring (bicyclic) bond motifs is 2. The molecule has 1 saturated heterocycles. The quantitative estimate of drug-likeness (QED) is 0.789. The average molecular weight is 248 g/mol. The van der Waals surface area contributed by atoms with Crippen molar-refractivity contribution in [1.29, 1.82) is 0 Å². The van der Waals surface area contributed by atoms with Gasteiger partial charge in [-0.1, -0.05) is 0 Å². The maximum absolute atomic E-state index is 12.4. The molecule has 1 aromatic rings. The van der Waals surface area contributed by atoms with Gasteiger partial charge in [-0.3, -0.25) is 4.79 Å². The fourth-order valence-corrected chi connectivity index (χ4v) is 2.75. The van der Waals surface area contributed by atoms with Gasteiger partial charge >= 0.3 is 0 Å². The topological polar surface area (TPSA) is 61.8 Å². The van der Waals surface area contributed by atoms with Gasteiger partial charge in [-0.2, -0.15) is 0 Å². The van der Waals surface area contributed by atoms with Crippen LogP contribution in [0.1, 0.15) is 23.2 Å². The number of anilines is 1.